The van der Waals surface area contributed by atoms with E-state index in [-0.39, 0.29) is 53.0 Å². The van der Waals surface area contributed by atoms with Crippen LogP contribution in [-0.4, -0.2) is 28.4 Å². The SMILES string of the molecule is CCOc1cc([C@@H]2NC(=O)N(N)C(C)=C2C(C)=O)c([N+](=O)[O-])cc1OCc1ccccc1. The summed E-state index contributed by atoms with van der Waals surface area (Å²) < 4.78 is 11.5. The minimum atomic E-state index is -1.07. The average Bonchev–Trinajstić information content (AvgIpc) is 2.76. The Labute approximate surface area is 184 Å². The summed E-state index contributed by atoms with van der Waals surface area (Å²) in [6.45, 7) is 5.04. The summed E-state index contributed by atoms with van der Waals surface area (Å²) in [6.07, 6.45) is 0. The number of carbonyl (C=O) groups is 2. The quantitative estimate of drug-likeness (QED) is 0.278. The van der Waals surface area contributed by atoms with Crippen LogP contribution >= 0.6 is 0 Å². The maximum absolute atomic E-state index is 12.3. The van der Waals surface area contributed by atoms with Crippen LogP contribution < -0.4 is 20.6 Å². The van der Waals surface area contributed by atoms with E-state index in [1.807, 2.05) is 30.3 Å². The van der Waals surface area contributed by atoms with Crippen LogP contribution in [0.5, 0.6) is 11.5 Å². The lowest BCUT2D eigenvalue weighted by Gasteiger charge is -2.32. The van der Waals surface area contributed by atoms with Gasteiger partial charge in [-0.2, -0.15) is 0 Å². The smallest absolute Gasteiger partial charge is 0.336 e. The minimum Gasteiger partial charge on any atom is -0.490 e. The lowest BCUT2D eigenvalue weighted by atomic mass is 9.91. The molecule has 2 aromatic rings. The maximum Gasteiger partial charge on any atom is 0.336 e. The monoisotopic (exact) mass is 440 g/mol. The van der Waals surface area contributed by atoms with Crippen molar-refractivity contribution in [3.63, 3.8) is 0 Å². The van der Waals surface area contributed by atoms with Crippen LogP contribution in [0, 0.1) is 10.1 Å². The van der Waals surface area contributed by atoms with Gasteiger partial charge in [0, 0.05) is 11.3 Å². The molecular formula is C22H24N4O6. The summed E-state index contributed by atoms with van der Waals surface area (Å²) in [4.78, 5) is 36.0. The molecule has 10 heteroatoms. The van der Waals surface area contributed by atoms with Crippen molar-refractivity contribution in [2.24, 2.45) is 5.84 Å². The number of rotatable bonds is 8. The number of Topliss-reactive ketones (excluding diaryl/α,β-unsaturated/α-hetero) is 1. The Hall–Kier alpha value is -3.92. The van der Waals surface area contributed by atoms with E-state index in [1.54, 1.807) is 6.92 Å². The fourth-order valence-electron chi connectivity index (χ4n) is 3.52. The van der Waals surface area contributed by atoms with Gasteiger partial charge >= 0.3 is 6.03 Å². The Balaban J connectivity index is 2.11. The van der Waals surface area contributed by atoms with Crippen LogP contribution in [0.2, 0.25) is 0 Å². The van der Waals surface area contributed by atoms with Gasteiger partial charge in [-0.3, -0.25) is 14.9 Å². The number of urea groups is 1. The lowest BCUT2D eigenvalue weighted by Crippen LogP contribution is -2.50. The van der Waals surface area contributed by atoms with E-state index in [4.69, 9.17) is 15.3 Å². The lowest BCUT2D eigenvalue weighted by molar-refractivity contribution is -0.385. The minimum absolute atomic E-state index is 0.0940. The first-order valence-electron chi connectivity index (χ1n) is 9.93. The van der Waals surface area contributed by atoms with Gasteiger partial charge in [0.15, 0.2) is 17.3 Å². The zero-order valence-electron chi connectivity index (χ0n) is 18.0. The van der Waals surface area contributed by atoms with Crippen molar-refractivity contribution in [3.05, 3.63) is 75.0 Å². The first-order valence-corrected chi connectivity index (χ1v) is 9.93. The number of hydrogen-bond donors (Lipinski definition) is 2. The third-order valence-electron chi connectivity index (χ3n) is 5.04. The van der Waals surface area contributed by atoms with Crippen LogP contribution in [0.3, 0.4) is 0 Å². The van der Waals surface area contributed by atoms with E-state index in [2.05, 4.69) is 5.32 Å². The third-order valence-corrected chi connectivity index (χ3v) is 5.04. The number of nitrogens with zero attached hydrogens (tertiary/aromatic N) is 2. The number of benzene rings is 2. The number of nitro benzene ring substituents is 1. The molecule has 1 atom stereocenters. The zero-order chi connectivity index (χ0) is 23.4. The Morgan fingerprint density at radius 3 is 2.47 bits per heavy atom. The number of amides is 2. The maximum atomic E-state index is 12.3. The number of ether oxygens (including phenoxy) is 2. The van der Waals surface area contributed by atoms with Crippen LogP contribution in [-0.2, 0) is 11.4 Å². The fraction of sp³-hybridized carbons (Fsp3) is 0.273. The molecule has 0 unspecified atom stereocenters. The van der Waals surface area contributed by atoms with Gasteiger partial charge in [0.1, 0.15) is 6.61 Å². The van der Waals surface area contributed by atoms with Crippen molar-refractivity contribution in [2.45, 2.75) is 33.4 Å². The van der Waals surface area contributed by atoms with E-state index in [9.17, 15) is 19.7 Å². The summed E-state index contributed by atoms with van der Waals surface area (Å²) >= 11 is 0. The highest BCUT2D eigenvalue weighted by molar-refractivity contribution is 5.98. The fourth-order valence-corrected chi connectivity index (χ4v) is 3.52. The standard InChI is InChI=1S/C22H24N4O6/c1-4-31-18-10-16(21-20(14(3)27)13(2)25(23)22(28)24-21)17(26(29)30)11-19(18)32-12-15-8-6-5-7-9-15/h5-11,21H,4,12,23H2,1-3H3,(H,24,28)/t21-/m0/s1. The molecule has 0 bridgehead atoms. The first-order chi connectivity index (χ1) is 15.2. The number of nitro groups is 1. The van der Waals surface area contributed by atoms with Gasteiger partial charge in [-0.05, 0) is 32.4 Å². The predicted octanol–water partition coefficient (Wildman–Crippen LogP) is 3.38. The molecule has 0 aromatic heterocycles. The van der Waals surface area contributed by atoms with Gasteiger partial charge in [-0.25, -0.2) is 15.6 Å². The molecule has 0 aliphatic carbocycles. The molecule has 32 heavy (non-hydrogen) atoms. The normalized spacial score (nSPS) is 15.9. The van der Waals surface area contributed by atoms with Crippen molar-refractivity contribution in [1.29, 1.82) is 0 Å². The molecular weight excluding hydrogens is 416 g/mol. The first kappa shape index (κ1) is 22.8. The Morgan fingerprint density at radius 2 is 1.88 bits per heavy atom. The molecule has 1 heterocycles. The van der Waals surface area contributed by atoms with Gasteiger partial charge < -0.3 is 14.8 Å². The largest absolute Gasteiger partial charge is 0.490 e. The number of hydrazine groups is 1. The number of allylic oxidation sites excluding steroid dienone is 1. The van der Waals surface area contributed by atoms with E-state index in [0.717, 1.165) is 10.6 Å². The van der Waals surface area contributed by atoms with E-state index in [1.165, 1.54) is 26.0 Å². The molecule has 0 saturated carbocycles. The summed E-state index contributed by atoms with van der Waals surface area (Å²) in [5.41, 5.74) is 1.01. The van der Waals surface area contributed by atoms with Gasteiger partial charge in [-0.1, -0.05) is 30.3 Å². The van der Waals surface area contributed by atoms with Crippen molar-refractivity contribution in [2.75, 3.05) is 6.61 Å². The Bertz CT molecular complexity index is 1080. The number of nitrogens with one attached hydrogen (secondary N) is 1. The van der Waals surface area contributed by atoms with Crippen LogP contribution in [0.25, 0.3) is 0 Å². The van der Waals surface area contributed by atoms with Gasteiger partial charge in [-0.15, -0.1) is 0 Å². The highest BCUT2D eigenvalue weighted by atomic mass is 16.6. The van der Waals surface area contributed by atoms with Crippen molar-refractivity contribution < 1.29 is 24.0 Å². The number of carbonyl (C=O) groups excluding carboxylic acids is 2. The Morgan fingerprint density at radius 1 is 1.22 bits per heavy atom. The molecule has 3 N–H and O–H groups in total. The molecule has 10 nitrogen and oxygen atoms in total. The second-order valence-electron chi connectivity index (χ2n) is 7.13. The van der Waals surface area contributed by atoms with Crippen LogP contribution in [0.15, 0.2) is 53.7 Å². The summed E-state index contributed by atoms with van der Waals surface area (Å²) in [6, 6.07) is 10.2. The molecule has 3 rings (SSSR count). The molecule has 1 aliphatic heterocycles. The van der Waals surface area contributed by atoms with E-state index < -0.39 is 17.0 Å². The van der Waals surface area contributed by atoms with E-state index in [0.29, 0.717) is 0 Å². The zero-order valence-corrected chi connectivity index (χ0v) is 18.0. The summed E-state index contributed by atoms with van der Waals surface area (Å²) in [5.74, 6) is 5.78. The second-order valence-corrected chi connectivity index (χ2v) is 7.13. The highest BCUT2D eigenvalue weighted by Crippen LogP contribution is 2.41. The number of nitrogens with two attached hydrogens (primary N) is 1. The third kappa shape index (κ3) is 4.54. The van der Waals surface area contributed by atoms with Crippen LogP contribution in [0.4, 0.5) is 10.5 Å². The number of hydrogen-bond acceptors (Lipinski definition) is 7. The Kier molecular flexibility index (Phi) is 6.74. The molecule has 1 aliphatic rings. The van der Waals surface area contributed by atoms with Crippen LogP contribution in [0.1, 0.15) is 37.9 Å². The molecule has 2 aromatic carbocycles. The summed E-state index contributed by atoms with van der Waals surface area (Å²) in [7, 11) is 0. The van der Waals surface area contributed by atoms with Crippen molar-refractivity contribution in [1.82, 2.24) is 10.3 Å². The second kappa shape index (κ2) is 9.48. The van der Waals surface area contributed by atoms with E-state index >= 15 is 0 Å². The van der Waals surface area contributed by atoms with Gasteiger partial charge in [0.05, 0.1) is 29.2 Å². The van der Waals surface area contributed by atoms with Gasteiger partial charge in [0.2, 0.25) is 0 Å². The molecule has 2 amide bonds. The molecule has 0 fully saturated rings. The molecule has 0 spiro atoms. The molecule has 168 valence electrons. The van der Waals surface area contributed by atoms with Crippen molar-refractivity contribution >= 4 is 17.5 Å². The average molecular weight is 440 g/mol. The van der Waals surface area contributed by atoms with Crippen molar-refractivity contribution in [3.8, 4) is 11.5 Å². The highest BCUT2D eigenvalue weighted by Gasteiger charge is 2.37. The molecule has 0 saturated heterocycles. The molecule has 0 radical (unpaired) electrons. The topological polar surface area (TPSA) is 137 Å². The van der Waals surface area contributed by atoms with Gasteiger partial charge in [0.25, 0.3) is 5.69 Å². The summed E-state index contributed by atoms with van der Waals surface area (Å²) in [5, 5.41) is 15.3. The number of ketones is 1. The predicted molar refractivity (Wildman–Crippen MR) is 116 cm³/mol.